The van der Waals surface area contributed by atoms with E-state index < -0.39 is 29.9 Å². The summed E-state index contributed by atoms with van der Waals surface area (Å²) in [5.41, 5.74) is 3.66. The number of carbonyl (C=O) groups is 4. The van der Waals surface area contributed by atoms with E-state index >= 15 is 0 Å². The van der Waals surface area contributed by atoms with E-state index in [1.807, 2.05) is 91.1 Å². The number of aromatic nitrogens is 1. The van der Waals surface area contributed by atoms with Crippen molar-refractivity contribution in [3.63, 3.8) is 0 Å². The third-order valence-electron chi connectivity index (χ3n) is 7.46. The van der Waals surface area contributed by atoms with Gasteiger partial charge in [0.15, 0.2) is 0 Å². The van der Waals surface area contributed by atoms with Crippen LogP contribution in [0, 0.1) is 0 Å². The van der Waals surface area contributed by atoms with Gasteiger partial charge in [-0.15, -0.1) is 0 Å². The zero-order valence-corrected chi connectivity index (χ0v) is 23.3. The van der Waals surface area contributed by atoms with Gasteiger partial charge in [-0.1, -0.05) is 78.9 Å². The number of hydrogen-bond donors (Lipinski definition) is 5. The van der Waals surface area contributed by atoms with E-state index in [9.17, 15) is 19.2 Å². The topological polar surface area (TPSA) is 132 Å². The van der Waals surface area contributed by atoms with Crippen molar-refractivity contribution in [2.24, 2.45) is 0 Å². The summed E-state index contributed by atoms with van der Waals surface area (Å²) in [6, 6.07) is 24.6. The highest BCUT2D eigenvalue weighted by Gasteiger charge is 2.30. The van der Waals surface area contributed by atoms with Gasteiger partial charge in [0, 0.05) is 49.3 Å². The highest BCUT2D eigenvalue weighted by Crippen LogP contribution is 2.19. The fourth-order valence-electron chi connectivity index (χ4n) is 5.25. The minimum absolute atomic E-state index is 0.0319. The lowest BCUT2D eigenvalue weighted by molar-refractivity contribution is -0.133. The average molecular weight is 566 g/mol. The SMILES string of the molecule is O=C1CCC(=O)N[C@@H](Cc2c[nH]c3ccccc23)C(=O)N[C@@H](Cc2ccccc2)C(=O)NC(Cc2ccccc2)CN1. The minimum atomic E-state index is -0.950. The number of benzene rings is 3. The first-order valence-corrected chi connectivity index (χ1v) is 14.2. The van der Waals surface area contributed by atoms with Crippen LogP contribution in [0.2, 0.25) is 0 Å². The van der Waals surface area contributed by atoms with Crippen molar-refractivity contribution in [2.75, 3.05) is 6.54 Å². The second-order valence-electron chi connectivity index (χ2n) is 10.6. The number of carbonyl (C=O) groups excluding carboxylic acids is 4. The molecule has 4 amide bonds. The Bertz CT molecular complexity index is 1540. The molecule has 3 aromatic carbocycles. The maximum absolute atomic E-state index is 13.8. The monoisotopic (exact) mass is 565 g/mol. The molecule has 4 aromatic rings. The molecule has 0 spiro atoms. The molecule has 9 nitrogen and oxygen atoms in total. The number of para-hydroxylation sites is 1. The Balaban J connectivity index is 1.43. The Morgan fingerprint density at radius 3 is 1.93 bits per heavy atom. The zero-order valence-electron chi connectivity index (χ0n) is 23.3. The van der Waals surface area contributed by atoms with E-state index in [0.717, 1.165) is 27.6 Å². The second kappa shape index (κ2) is 13.6. The van der Waals surface area contributed by atoms with Crippen LogP contribution >= 0.6 is 0 Å². The highest BCUT2D eigenvalue weighted by atomic mass is 16.2. The van der Waals surface area contributed by atoms with Gasteiger partial charge in [0.2, 0.25) is 23.6 Å². The fraction of sp³-hybridized carbons (Fsp3) is 0.273. The molecule has 1 aromatic heterocycles. The molecular formula is C33H35N5O4. The molecule has 0 radical (unpaired) electrons. The molecule has 216 valence electrons. The van der Waals surface area contributed by atoms with Crippen LogP contribution in [0.3, 0.4) is 0 Å². The van der Waals surface area contributed by atoms with Crippen LogP contribution in [-0.2, 0) is 38.4 Å². The quantitative estimate of drug-likeness (QED) is 0.246. The van der Waals surface area contributed by atoms with Crippen molar-refractivity contribution >= 4 is 34.5 Å². The summed E-state index contributed by atoms with van der Waals surface area (Å²) in [6.07, 6.45) is 2.69. The van der Waals surface area contributed by atoms with Gasteiger partial charge >= 0.3 is 0 Å². The second-order valence-corrected chi connectivity index (χ2v) is 10.6. The standard InChI is InChI=1S/C33H35N5O4/c39-30-15-16-31(40)37-29(19-24-20-34-27-14-8-7-13-26(24)27)33(42)38-28(18-23-11-5-2-6-12-23)32(41)36-25(21-35-30)17-22-9-3-1-4-10-22/h1-14,20,25,28-29,34H,15-19,21H2,(H,35,39)(H,36,41)(H,37,40)(H,38,42)/t25?,28-,29-/m0/s1. The van der Waals surface area contributed by atoms with Gasteiger partial charge in [0.05, 0.1) is 6.04 Å². The van der Waals surface area contributed by atoms with Crippen LogP contribution in [0.25, 0.3) is 10.9 Å². The first-order chi connectivity index (χ1) is 20.4. The third kappa shape index (κ3) is 7.63. The summed E-state index contributed by atoms with van der Waals surface area (Å²) in [5, 5.41) is 12.6. The van der Waals surface area contributed by atoms with Crippen LogP contribution in [0.15, 0.2) is 91.1 Å². The Morgan fingerprint density at radius 2 is 1.19 bits per heavy atom. The molecule has 2 heterocycles. The summed E-state index contributed by atoms with van der Waals surface area (Å²) in [7, 11) is 0. The number of H-pyrrole nitrogens is 1. The molecule has 3 atom stereocenters. The fourth-order valence-corrected chi connectivity index (χ4v) is 5.25. The molecule has 1 aliphatic rings. The molecule has 5 N–H and O–H groups in total. The van der Waals surface area contributed by atoms with E-state index in [0.29, 0.717) is 6.42 Å². The Hall–Kier alpha value is -4.92. The van der Waals surface area contributed by atoms with E-state index in [2.05, 4.69) is 26.3 Å². The first-order valence-electron chi connectivity index (χ1n) is 14.2. The van der Waals surface area contributed by atoms with E-state index in [1.54, 1.807) is 0 Å². The zero-order chi connectivity index (χ0) is 29.3. The predicted octanol–water partition coefficient (Wildman–Crippen LogP) is 2.56. The molecule has 1 fully saturated rings. The largest absolute Gasteiger partial charge is 0.361 e. The van der Waals surface area contributed by atoms with Gasteiger partial charge in [-0.2, -0.15) is 0 Å². The van der Waals surface area contributed by atoms with Gasteiger partial charge < -0.3 is 26.3 Å². The molecule has 42 heavy (non-hydrogen) atoms. The summed E-state index contributed by atoms with van der Waals surface area (Å²) >= 11 is 0. The van der Waals surface area contributed by atoms with Crippen molar-refractivity contribution in [3.8, 4) is 0 Å². The molecular weight excluding hydrogens is 530 g/mol. The Morgan fingerprint density at radius 1 is 0.595 bits per heavy atom. The van der Waals surface area contributed by atoms with Crippen molar-refractivity contribution in [1.29, 1.82) is 0 Å². The van der Waals surface area contributed by atoms with Gasteiger partial charge in [-0.05, 0) is 29.2 Å². The first kappa shape index (κ1) is 28.6. The third-order valence-corrected chi connectivity index (χ3v) is 7.46. The number of hydrogen-bond acceptors (Lipinski definition) is 4. The molecule has 0 saturated carbocycles. The highest BCUT2D eigenvalue weighted by molar-refractivity contribution is 5.94. The molecule has 5 rings (SSSR count). The number of fused-ring (bicyclic) bond motifs is 1. The lowest BCUT2D eigenvalue weighted by Gasteiger charge is -2.27. The summed E-state index contributed by atoms with van der Waals surface area (Å²) in [4.78, 5) is 56.3. The lowest BCUT2D eigenvalue weighted by Crippen LogP contribution is -2.57. The molecule has 0 bridgehead atoms. The summed E-state index contributed by atoms with van der Waals surface area (Å²) in [6.45, 7) is 0.191. The number of rotatable bonds is 6. The smallest absolute Gasteiger partial charge is 0.243 e. The normalized spacial score (nSPS) is 20.6. The van der Waals surface area contributed by atoms with Crippen molar-refractivity contribution < 1.29 is 19.2 Å². The lowest BCUT2D eigenvalue weighted by atomic mass is 10.0. The van der Waals surface area contributed by atoms with Crippen molar-refractivity contribution in [1.82, 2.24) is 26.3 Å². The van der Waals surface area contributed by atoms with Crippen molar-refractivity contribution in [3.05, 3.63) is 108 Å². The van der Waals surface area contributed by atoms with Gasteiger partial charge in [0.25, 0.3) is 0 Å². The van der Waals surface area contributed by atoms with Crippen LogP contribution in [-0.4, -0.2) is 53.3 Å². The summed E-state index contributed by atoms with van der Waals surface area (Å²) < 4.78 is 0. The Kier molecular flexibility index (Phi) is 9.28. The van der Waals surface area contributed by atoms with Crippen LogP contribution < -0.4 is 21.3 Å². The molecule has 9 heteroatoms. The number of nitrogens with one attached hydrogen (secondary N) is 5. The molecule has 1 aliphatic heterocycles. The number of aromatic amines is 1. The molecule has 1 saturated heterocycles. The Labute approximate surface area is 244 Å². The van der Waals surface area contributed by atoms with Gasteiger partial charge in [-0.3, -0.25) is 19.2 Å². The number of amides is 4. The van der Waals surface area contributed by atoms with Gasteiger partial charge in [0.1, 0.15) is 12.1 Å². The van der Waals surface area contributed by atoms with E-state index in [-0.39, 0.29) is 44.0 Å². The maximum Gasteiger partial charge on any atom is 0.243 e. The average Bonchev–Trinajstić information content (AvgIpc) is 3.41. The molecule has 0 aliphatic carbocycles. The van der Waals surface area contributed by atoms with E-state index in [4.69, 9.17) is 0 Å². The maximum atomic E-state index is 13.8. The van der Waals surface area contributed by atoms with Gasteiger partial charge in [-0.25, -0.2) is 0 Å². The summed E-state index contributed by atoms with van der Waals surface area (Å²) in [5.74, 6) is -1.54. The van der Waals surface area contributed by atoms with Crippen LogP contribution in [0.1, 0.15) is 29.5 Å². The van der Waals surface area contributed by atoms with Crippen LogP contribution in [0.4, 0.5) is 0 Å². The van der Waals surface area contributed by atoms with Crippen LogP contribution in [0.5, 0.6) is 0 Å². The van der Waals surface area contributed by atoms with Crippen molar-refractivity contribution in [2.45, 2.75) is 50.2 Å². The van der Waals surface area contributed by atoms with E-state index in [1.165, 1.54) is 0 Å². The predicted molar refractivity (Wildman–Crippen MR) is 160 cm³/mol. The molecule has 1 unspecified atom stereocenters. The minimum Gasteiger partial charge on any atom is -0.361 e.